The minimum absolute atomic E-state index is 0.925. The molecule has 2 heteroatoms. The van der Waals surface area contributed by atoms with Gasteiger partial charge in [0.1, 0.15) is 0 Å². The van der Waals surface area contributed by atoms with Gasteiger partial charge < -0.3 is 9.80 Å². The van der Waals surface area contributed by atoms with E-state index in [4.69, 9.17) is 0 Å². The Morgan fingerprint density at radius 3 is 1.25 bits per heavy atom. The molecule has 2 nitrogen and oxygen atoms in total. The van der Waals surface area contributed by atoms with Gasteiger partial charge in [0.25, 0.3) is 0 Å². The fourth-order valence-electron chi connectivity index (χ4n) is 10.1. The van der Waals surface area contributed by atoms with Crippen molar-refractivity contribution in [3.05, 3.63) is 228 Å². The SMILES string of the molecule is Cc1ccccc1-c1c2cc(N3c4ccccc4Cc4ccccc43)ccc2c(-c2cccc3ccccc23)c2cc(N3c4ccccc4Cc4ccccc43)ccc12. The monoisotopic (exact) mass is 752 g/mol. The van der Waals surface area contributed by atoms with Crippen LogP contribution in [0.15, 0.2) is 200 Å². The molecule has 12 rings (SSSR count). The number of nitrogens with zero attached hydrogens (tertiary/aromatic N) is 2. The highest BCUT2D eigenvalue weighted by Gasteiger charge is 2.28. The molecule has 2 aliphatic rings. The van der Waals surface area contributed by atoms with Crippen LogP contribution in [0, 0.1) is 6.92 Å². The lowest BCUT2D eigenvalue weighted by Gasteiger charge is -2.34. The second-order valence-electron chi connectivity index (χ2n) is 16.1. The summed E-state index contributed by atoms with van der Waals surface area (Å²) in [5, 5.41) is 7.46. The van der Waals surface area contributed by atoms with Crippen LogP contribution in [-0.2, 0) is 12.8 Å². The third kappa shape index (κ3) is 5.26. The number of para-hydroxylation sites is 4. The van der Waals surface area contributed by atoms with Crippen molar-refractivity contribution in [2.45, 2.75) is 19.8 Å². The number of hydrogen-bond donors (Lipinski definition) is 0. The summed E-state index contributed by atoms with van der Waals surface area (Å²) in [7, 11) is 0. The zero-order chi connectivity index (χ0) is 39.0. The second-order valence-corrected chi connectivity index (χ2v) is 16.1. The Bertz CT molecular complexity index is 3220. The van der Waals surface area contributed by atoms with E-state index in [9.17, 15) is 0 Å². The first-order chi connectivity index (χ1) is 29.2. The summed E-state index contributed by atoms with van der Waals surface area (Å²) < 4.78 is 0. The van der Waals surface area contributed by atoms with Gasteiger partial charge in [0.2, 0.25) is 0 Å². The summed E-state index contributed by atoms with van der Waals surface area (Å²) in [6, 6.07) is 74.5. The molecule has 0 radical (unpaired) electrons. The fourth-order valence-corrected chi connectivity index (χ4v) is 10.1. The van der Waals surface area contributed by atoms with Crippen LogP contribution in [0.2, 0.25) is 0 Å². The van der Waals surface area contributed by atoms with Gasteiger partial charge in [-0.2, -0.15) is 0 Å². The molecule has 278 valence electrons. The largest absolute Gasteiger partial charge is 0.310 e. The van der Waals surface area contributed by atoms with Gasteiger partial charge in [-0.1, -0.05) is 152 Å². The number of aryl methyl sites for hydroxylation is 1. The van der Waals surface area contributed by atoms with Crippen molar-refractivity contribution in [1.82, 2.24) is 0 Å². The molecular formula is C57H40N2. The maximum absolute atomic E-state index is 2.48. The highest BCUT2D eigenvalue weighted by Crippen LogP contribution is 2.52. The molecule has 0 aliphatic carbocycles. The summed E-state index contributed by atoms with van der Waals surface area (Å²) in [5.41, 5.74) is 18.9. The lowest BCUT2D eigenvalue weighted by molar-refractivity contribution is 1.09. The molecule has 0 spiro atoms. The van der Waals surface area contributed by atoms with Crippen LogP contribution in [0.3, 0.4) is 0 Å². The van der Waals surface area contributed by atoms with Crippen molar-refractivity contribution >= 4 is 66.4 Å². The second kappa shape index (κ2) is 13.3. The van der Waals surface area contributed by atoms with Gasteiger partial charge >= 0.3 is 0 Å². The Morgan fingerprint density at radius 1 is 0.322 bits per heavy atom. The Kier molecular flexibility index (Phi) is 7.61. The smallest absolute Gasteiger partial charge is 0.0497 e. The van der Waals surface area contributed by atoms with E-state index in [2.05, 4.69) is 217 Å². The molecule has 0 saturated carbocycles. The summed E-state index contributed by atoms with van der Waals surface area (Å²) in [5.74, 6) is 0. The first-order valence-electron chi connectivity index (χ1n) is 20.7. The summed E-state index contributed by atoms with van der Waals surface area (Å²) in [4.78, 5) is 4.96. The van der Waals surface area contributed by atoms with E-state index in [-0.39, 0.29) is 0 Å². The molecule has 59 heavy (non-hydrogen) atoms. The van der Waals surface area contributed by atoms with Crippen molar-refractivity contribution in [1.29, 1.82) is 0 Å². The van der Waals surface area contributed by atoms with Crippen LogP contribution in [0.1, 0.15) is 27.8 Å². The van der Waals surface area contributed by atoms with E-state index in [1.807, 2.05) is 0 Å². The van der Waals surface area contributed by atoms with Crippen molar-refractivity contribution in [2.75, 3.05) is 9.80 Å². The van der Waals surface area contributed by atoms with Crippen LogP contribution in [0.4, 0.5) is 34.1 Å². The van der Waals surface area contributed by atoms with E-state index < -0.39 is 0 Å². The molecule has 2 heterocycles. The molecule has 0 aromatic heterocycles. The molecule has 0 amide bonds. The predicted octanol–water partition coefficient (Wildman–Crippen LogP) is 15.5. The van der Waals surface area contributed by atoms with Crippen LogP contribution in [-0.4, -0.2) is 0 Å². The first kappa shape index (κ1) is 33.7. The van der Waals surface area contributed by atoms with Crippen LogP contribution in [0.5, 0.6) is 0 Å². The highest BCUT2D eigenvalue weighted by atomic mass is 15.2. The van der Waals surface area contributed by atoms with Crippen LogP contribution < -0.4 is 9.80 Å². The van der Waals surface area contributed by atoms with Crippen molar-refractivity contribution < 1.29 is 0 Å². The van der Waals surface area contributed by atoms with E-state index >= 15 is 0 Å². The molecule has 0 atom stereocenters. The summed E-state index contributed by atoms with van der Waals surface area (Å²) in [6.45, 7) is 2.25. The minimum Gasteiger partial charge on any atom is -0.310 e. The zero-order valence-corrected chi connectivity index (χ0v) is 32.9. The third-order valence-electron chi connectivity index (χ3n) is 12.8. The molecule has 10 aromatic carbocycles. The van der Waals surface area contributed by atoms with Crippen molar-refractivity contribution in [3.63, 3.8) is 0 Å². The zero-order valence-electron chi connectivity index (χ0n) is 32.9. The highest BCUT2D eigenvalue weighted by molar-refractivity contribution is 6.25. The molecule has 0 unspecified atom stereocenters. The Labute approximate surface area is 344 Å². The van der Waals surface area contributed by atoms with E-state index in [0.29, 0.717) is 0 Å². The molecule has 0 saturated heterocycles. The lowest BCUT2D eigenvalue weighted by atomic mass is 9.83. The van der Waals surface area contributed by atoms with Crippen LogP contribution >= 0.6 is 0 Å². The molecule has 2 aliphatic heterocycles. The minimum atomic E-state index is 0.925. The van der Waals surface area contributed by atoms with E-state index in [1.54, 1.807) is 0 Å². The van der Waals surface area contributed by atoms with Crippen molar-refractivity contribution in [2.24, 2.45) is 0 Å². The van der Waals surface area contributed by atoms with Gasteiger partial charge in [-0.15, -0.1) is 0 Å². The number of rotatable bonds is 4. The van der Waals surface area contributed by atoms with Gasteiger partial charge in [-0.05, 0) is 138 Å². The maximum atomic E-state index is 2.48. The van der Waals surface area contributed by atoms with Gasteiger partial charge in [-0.25, -0.2) is 0 Å². The first-order valence-corrected chi connectivity index (χ1v) is 20.7. The van der Waals surface area contributed by atoms with E-state index in [0.717, 1.165) is 24.2 Å². The van der Waals surface area contributed by atoms with Gasteiger partial charge in [0.15, 0.2) is 0 Å². The summed E-state index contributed by atoms with van der Waals surface area (Å²) in [6.07, 6.45) is 1.85. The van der Waals surface area contributed by atoms with E-state index in [1.165, 1.54) is 105 Å². The standard InChI is InChI=1S/C57H40N2/c1-37-15-2-8-22-45(37)56-48-31-29-44(59-54-27-12-6-19-41(54)34-42-20-7-13-28-55(42)59)36-51(48)57(47-24-14-21-38-16-3-9-23-46(38)47)49-32-30-43(35-50(49)56)58-52-25-10-4-17-39(52)33-40-18-5-11-26-53(40)58/h2-32,35-36H,33-34H2,1H3. The summed E-state index contributed by atoms with van der Waals surface area (Å²) >= 11 is 0. The fraction of sp³-hybridized carbons (Fsp3) is 0.0526. The quantitative estimate of drug-likeness (QED) is 0.165. The maximum Gasteiger partial charge on any atom is 0.0497 e. The number of hydrogen-bond acceptors (Lipinski definition) is 2. The Morgan fingerprint density at radius 2 is 0.729 bits per heavy atom. The predicted molar refractivity (Wildman–Crippen MR) is 250 cm³/mol. The van der Waals surface area contributed by atoms with Gasteiger partial charge in [0, 0.05) is 47.0 Å². The third-order valence-corrected chi connectivity index (χ3v) is 12.8. The van der Waals surface area contributed by atoms with Gasteiger partial charge in [-0.3, -0.25) is 0 Å². The Hall–Kier alpha value is -7.42. The average Bonchev–Trinajstić information content (AvgIpc) is 3.29. The number of fused-ring (bicyclic) bond motifs is 7. The molecule has 0 bridgehead atoms. The molecule has 0 fully saturated rings. The van der Waals surface area contributed by atoms with Crippen LogP contribution in [0.25, 0.3) is 54.6 Å². The number of benzene rings is 10. The molecule has 10 aromatic rings. The average molecular weight is 753 g/mol. The Balaban J connectivity index is 1.21. The normalized spacial score (nSPS) is 13.0. The number of anilines is 6. The van der Waals surface area contributed by atoms with Crippen molar-refractivity contribution in [3.8, 4) is 22.3 Å². The molecular weight excluding hydrogens is 713 g/mol. The van der Waals surface area contributed by atoms with Gasteiger partial charge in [0.05, 0.1) is 0 Å². The lowest BCUT2D eigenvalue weighted by Crippen LogP contribution is -2.18. The topological polar surface area (TPSA) is 6.48 Å². The molecule has 0 N–H and O–H groups in total.